The molecule has 0 amide bonds. The summed E-state index contributed by atoms with van der Waals surface area (Å²) >= 11 is 0. The first-order valence-electron chi connectivity index (χ1n) is 15.1. The molecule has 0 heteroatoms. The van der Waals surface area contributed by atoms with Crippen LogP contribution in [0.4, 0.5) is 0 Å². The van der Waals surface area contributed by atoms with Crippen molar-refractivity contribution in [2.45, 2.75) is 149 Å². The van der Waals surface area contributed by atoms with Crippen LogP contribution in [-0.2, 0) is 0 Å². The van der Waals surface area contributed by atoms with Crippen molar-refractivity contribution >= 4 is 0 Å². The van der Waals surface area contributed by atoms with E-state index in [-0.39, 0.29) is 0 Å². The lowest BCUT2D eigenvalue weighted by atomic mass is 9.43. The second kappa shape index (κ2) is 9.70. The molecule has 178 valence electrons. The maximum Gasteiger partial charge on any atom is -0.0287 e. The first kappa shape index (κ1) is 22.8. The highest BCUT2D eigenvalue weighted by molar-refractivity contribution is 5.07. The van der Waals surface area contributed by atoms with Crippen molar-refractivity contribution < 1.29 is 0 Å². The topological polar surface area (TPSA) is 0 Å². The second-order valence-corrected chi connectivity index (χ2v) is 13.8. The zero-order chi connectivity index (χ0) is 21.3. The molecule has 0 nitrogen and oxygen atoms in total. The Morgan fingerprint density at radius 3 is 1.26 bits per heavy atom. The molecule has 5 aliphatic rings. The average Bonchev–Trinajstić information content (AvgIpc) is 2.80. The lowest BCUT2D eigenvalue weighted by Crippen LogP contribution is -2.50. The fourth-order valence-electron chi connectivity index (χ4n) is 10.1. The van der Waals surface area contributed by atoms with Gasteiger partial charge in [-0.05, 0) is 136 Å². The number of rotatable bonds is 5. The quantitative estimate of drug-likeness (QED) is 0.410. The molecule has 0 aromatic carbocycles. The zero-order valence-electron chi connectivity index (χ0n) is 21.3. The van der Waals surface area contributed by atoms with Crippen LogP contribution in [0.1, 0.15) is 149 Å². The fraction of sp³-hybridized carbons (Fsp3) is 1.00. The Balaban J connectivity index is 1.03. The van der Waals surface area contributed by atoms with Crippen LogP contribution < -0.4 is 0 Å². The summed E-state index contributed by atoms with van der Waals surface area (Å²) in [4.78, 5) is 0. The van der Waals surface area contributed by atoms with Crippen molar-refractivity contribution in [2.24, 2.45) is 46.3 Å². The molecule has 5 fully saturated rings. The van der Waals surface area contributed by atoms with Crippen LogP contribution in [0, 0.1) is 46.3 Å². The molecule has 0 N–H and O–H groups in total. The lowest BCUT2D eigenvalue weighted by Gasteiger charge is -2.62. The van der Waals surface area contributed by atoms with Crippen LogP contribution in [0.15, 0.2) is 0 Å². The average molecular weight is 427 g/mol. The van der Waals surface area contributed by atoms with Gasteiger partial charge < -0.3 is 0 Å². The Kier molecular flexibility index (Phi) is 7.13. The third-order valence-corrected chi connectivity index (χ3v) is 12.1. The molecule has 0 bridgehead atoms. The molecule has 5 aliphatic carbocycles. The van der Waals surface area contributed by atoms with Crippen molar-refractivity contribution in [1.29, 1.82) is 0 Å². The number of hydrogen-bond acceptors (Lipinski definition) is 0. The Labute approximate surface area is 195 Å². The Hall–Kier alpha value is 0. The molecule has 2 spiro atoms. The molecular weight excluding hydrogens is 372 g/mol. The molecule has 0 aromatic heterocycles. The van der Waals surface area contributed by atoms with E-state index in [9.17, 15) is 0 Å². The minimum absolute atomic E-state index is 0.821. The molecule has 5 rings (SSSR count). The van der Waals surface area contributed by atoms with Gasteiger partial charge in [-0.3, -0.25) is 0 Å². The van der Waals surface area contributed by atoms with Crippen LogP contribution in [0.2, 0.25) is 0 Å². The van der Waals surface area contributed by atoms with Gasteiger partial charge in [0.2, 0.25) is 0 Å². The van der Waals surface area contributed by atoms with Gasteiger partial charge in [-0.15, -0.1) is 0 Å². The van der Waals surface area contributed by atoms with Crippen molar-refractivity contribution in [3.63, 3.8) is 0 Å². The van der Waals surface area contributed by atoms with E-state index in [1.165, 1.54) is 19.3 Å². The highest BCUT2D eigenvalue weighted by Crippen LogP contribution is 2.67. The van der Waals surface area contributed by atoms with Gasteiger partial charge in [-0.2, -0.15) is 0 Å². The van der Waals surface area contributed by atoms with E-state index in [2.05, 4.69) is 13.8 Å². The van der Waals surface area contributed by atoms with Crippen molar-refractivity contribution in [3.05, 3.63) is 0 Å². The molecule has 0 aromatic rings. The summed E-state index contributed by atoms with van der Waals surface area (Å²) in [7, 11) is 0. The van der Waals surface area contributed by atoms with Crippen molar-refractivity contribution in [3.8, 4) is 0 Å². The van der Waals surface area contributed by atoms with E-state index < -0.39 is 0 Å². The highest BCUT2D eigenvalue weighted by Gasteiger charge is 2.56. The summed E-state index contributed by atoms with van der Waals surface area (Å²) in [5.74, 6) is 6.59. The summed E-state index contributed by atoms with van der Waals surface area (Å²) in [5, 5.41) is 0. The normalized spacial score (nSPS) is 48.6. The fourth-order valence-corrected chi connectivity index (χ4v) is 10.1. The van der Waals surface area contributed by atoms with E-state index in [1.807, 2.05) is 0 Å². The molecule has 0 atom stereocenters. The molecule has 0 heterocycles. The minimum atomic E-state index is 0.821. The second-order valence-electron chi connectivity index (χ2n) is 13.8. The molecule has 0 aliphatic heterocycles. The first-order valence-corrected chi connectivity index (χ1v) is 15.1. The maximum atomic E-state index is 2.41. The van der Waals surface area contributed by atoms with Gasteiger partial charge in [0.15, 0.2) is 0 Å². The molecular formula is C31H54. The van der Waals surface area contributed by atoms with E-state index in [4.69, 9.17) is 0 Å². The van der Waals surface area contributed by atoms with E-state index in [0.29, 0.717) is 0 Å². The van der Waals surface area contributed by atoms with Gasteiger partial charge in [0.25, 0.3) is 0 Å². The first-order chi connectivity index (χ1) is 15.1. The lowest BCUT2D eigenvalue weighted by molar-refractivity contribution is -0.109. The highest BCUT2D eigenvalue weighted by atomic mass is 14.6. The Morgan fingerprint density at radius 2 is 0.871 bits per heavy atom. The largest absolute Gasteiger partial charge is 0.0654 e. The van der Waals surface area contributed by atoms with Gasteiger partial charge in [0.05, 0.1) is 0 Å². The third kappa shape index (κ3) is 4.94. The Morgan fingerprint density at radius 1 is 0.484 bits per heavy atom. The van der Waals surface area contributed by atoms with Crippen LogP contribution >= 0.6 is 0 Å². The standard InChI is InChI=1S/C31H54/c1-3-5-25-8-12-27(13-9-25)29-16-20-31(21-17-29)22-30(23-31)18-14-28(15-19-30)26-10-6-24(4-2)7-11-26/h24-29H,3-23H2,1-2H3. The van der Waals surface area contributed by atoms with E-state index in [1.54, 1.807) is 116 Å². The van der Waals surface area contributed by atoms with Gasteiger partial charge in [-0.25, -0.2) is 0 Å². The van der Waals surface area contributed by atoms with Gasteiger partial charge in [-0.1, -0.05) is 58.8 Å². The summed E-state index contributed by atoms with van der Waals surface area (Å²) < 4.78 is 0. The third-order valence-electron chi connectivity index (χ3n) is 12.1. The van der Waals surface area contributed by atoms with E-state index >= 15 is 0 Å². The van der Waals surface area contributed by atoms with Gasteiger partial charge in [0.1, 0.15) is 0 Å². The smallest absolute Gasteiger partial charge is 0.0287 e. The molecule has 31 heavy (non-hydrogen) atoms. The zero-order valence-corrected chi connectivity index (χ0v) is 21.3. The Bertz CT molecular complexity index is 533. The molecule has 5 saturated carbocycles. The maximum absolute atomic E-state index is 2.41. The van der Waals surface area contributed by atoms with Crippen molar-refractivity contribution in [2.75, 3.05) is 0 Å². The summed E-state index contributed by atoms with van der Waals surface area (Å²) in [6.45, 7) is 4.79. The summed E-state index contributed by atoms with van der Waals surface area (Å²) in [6, 6.07) is 0. The minimum Gasteiger partial charge on any atom is -0.0654 e. The SMILES string of the molecule is CCCC1CCC(C2CCC3(CC2)CC2(CCC(C4CCC(CC)CC4)CC2)C3)CC1. The van der Waals surface area contributed by atoms with Gasteiger partial charge in [0, 0.05) is 0 Å². The van der Waals surface area contributed by atoms with Crippen molar-refractivity contribution in [1.82, 2.24) is 0 Å². The van der Waals surface area contributed by atoms with E-state index in [0.717, 1.165) is 46.3 Å². The van der Waals surface area contributed by atoms with Crippen LogP contribution in [0.5, 0.6) is 0 Å². The van der Waals surface area contributed by atoms with Gasteiger partial charge >= 0.3 is 0 Å². The van der Waals surface area contributed by atoms with Crippen LogP contribution in [-0.4, -0.2) is 0 Å². The predicted octanol–water partition coefficient (Wildman–Crippen LogP) is 9.96. The van der Waals surface area contributed by atoms with Crippen LogP contribution in [0.25, 0.3) is 0 Å². The summed E-state index contributed by atoms with van der Waals surface area (Å²) in [6.07, 6.45) is 33.0. The molecule has 0 radical (unpaired) electrons. The molecule has 0 saturated heterocycles. The summed E-state index contributed by atoms with van der Waals surface area (Å²) in [5.41, 5.74) is 1.64. The predicted molar refractivity (Wildman–Crippen MR) is 134 cm³/mol. The van der Waals surface area contributed by atoms with Crippen LogP contribution in [0.3, 0.4) is 0 Å². The molecule has 0 unspecified atom stereocenters. The monoisotopic (exact) mass is 426 g/mol. The number of hydrogen-bond donors (Lipinski definition) is 0.